The predicted octanol–water partition coefficient (Wildman–Crippen LogP) is 1.09. The van der Waals surface area contributed by atoms with Crippen molar-refractivity contribution >= 4 is 9.84 Å². The van der Waals surface area contributed by atoms with Gasteiger partial charge in [-0.25, -0.2) is 8.42 Å². The van der Waals surface area contributed by atoms with Crippen molar-refractivity contribution in [1.29, 1.82) is 0 Å². The molecule has 1 aliphatic rings. The summed E-state index contributed by atoms with van der Waals surface area (Å²) in [5.41, 5.74) is 6.74. The lowest BCUT2D eigenvalue weighted by Gasteiger charge is -2.15. The van der Waals surface area contributed by atoms with Crippen molar-refractivity contribution in [3.63, 3.8) is 0 Å². The Bertz CT molecular complexity index is 533. The Labute approximate surface area is 102 Å². The van der Waals surface area contributed by atoms with E-state index in [1.54, 1.807) is 12.1 Å². The largest absolute Gasteiger partial charge is 0.495 e. The lowest BCUT2D eigenvalue weighted by atomic mass is 9.96. The molecule has 94 valence electrons. The van der Waals surface area contributed by atoms with Gasteiger partial charge in [0, 0.05) is 18.2 Å². The van der Waals surface area contributed by atoms with Crippen LogP contribution in [0.5, 0.6) is 5.75 Å². The molecule has 1 fully saturated rings. The fourth-order valence-electron chi connectivity index (χ4n) is 2.06. The summed E-state index contributed by atoms with van der Waals surface area (Å²) in [6, 6.07) is 5.32. The van der Waals surface area contributed by atoms with E-state index in [4.69, 9.17) is 10.5 Å². The van der Waals surface area contributed by atoms with E-state index >= 15 is 0 Å². The molecule has 1 aliphatic carbocycles. The summed E-state index contributed by atoms with van der Waals surface area (Å²) >= 11 is 0. The molecule has 1 aromatic rings. The molecule has 2 N–H and O–H groups in total. The van der Waals surface area contributed by atoms with Crippen LogP contribution in [0.1, 0.15) is 18.4 Å². The zero-order valence-electron chi connectivity index (χ0n) is 10.1. The molecule has 0 spiro atoms. The van der Waals surface area contributed by atoms with E-state index in [1.807, 2.05) is 6.07 Å². The molecule has 0 atom stereocenters. The summed E-state index contributed by atoms with van der Waals surface area (Å²) in [5.74, 6) is 0.393. The minimum absolute atomic E-state index is 0.00822. The summed E-state index contributed by atoms with van der Waals surface area (Å²) < 4.78 is 28.5. The van der Waals surface area contributed by atoms with Crippen LogP contribution in [-0.2, 0) is 15.3 Å². The maximum Gasteiger partial charge on any atom is 0.179 e. The zero-order chi connectivity index (χ0) is 12.7. The molecule has 0 heterocycles. The molecule has 0 aromatic heterocycles. The number of hydrogen-bond donors (Lipinski definition) is 1. The second-order valence-corrected chi connectivity index (χ2v) is 6.61. The number of nitrogens with two attached hydrogens (primary N) is 1. The Morgan fingerprint density at radius 2 is 2.06 bits per heavy atom. The molecule has 0 aliphatic heterocycles. The van der Waals surface area contributed by atoms with Crippen LogP contribution in [0.4, 0.5) is 0 Å². The Kier molecular flexibility index (Phi) is 2.91. The maximum atomic E-state index is 11.7. The van der Waals surface area contributed by atoms with E-state index in [9.17, 15) is 8.42 Å². The third-order valence-corrected chi connectivity index (χ3v) is 4.54. The average Bonchev–Trinajstić information content (AvgIpc) is 3.08. The van der Waals surface area contributed by atoms with Gasteiger partial charge in [-0.15, -0.1) is 0 Å². The Morgan fingerprint density at radius 1 is 1.41 bits per heavy atom. The molecule has 0 bridgehead atoms. The van der Waals surface area contributed by atoms with Crippen LogP contribution in [0.3, 0.4) is 0 Å². The maximum absolute atomic E-state index is 11.7. The summed E-state index contributed by atoms with van der Waals surface area (Å²) in [5, 5.41) is 0. The number of benzene rings is 1. The molecular formula is C12H17NO3S. The highest BCUT2D eigenvalue weighted by Crippen LogP contribution is 2.48. The van der Waals surface area contributed by atoms with Crippen molar-refractivity contribution in [2.75, 3.05) is 19.9 Å². The first kappa shape index (κ1) is 12.4. The van der Waals surface area contributed by atoms with E-state index < -0.39 is 9.84 Å². The van der Waals surface area contributed by atoms with Crippen LogP contribution < -0.4 is 10.5 Å². The van der Waals surface area contributed by atoms with Crippen LogP contribution in [0.15, 0.2) is 23.1 Å². The number of rotatable bonds is 4. The second kappa shape index (κ2) is 3.99. The lowest BCUT2D eigenvalue weighted by Crippen LogP contribution is -2.20. The van der Waals surface area contributed by atoms with Crippen molar-refractivity contribution < 1.29 is 13.2 Å². The fourth-order valence-corrected chi connectivity index (χ4v) is 2.92. The normalized spacial score (nSPS) is 17.8. The topological polar surface area (TPSA) is 69.4 Å². The fraction of sp³-hybridized carbons (Fsp3) is 0.500. The standard InChI is InChI=1S/C12H17NO3S/c1-16-10-4-3-9(12(8-13)5-6-12)7-11(10)17(2,14)15/h3-4,7H,5-6,8,13H2,1-2H3. The molecule has 0 amide bonds. The Morgan fingerprint density at radius 3 is 2.47 bits per heavy atom. The highest BCUT2D eigenvalue weighted by Gasteiger charge is 2.43. The smallest absolute Gasteiger partial charge is 0.179 e. The molecule has 2 rings (SSSR count). The van der Waals surface area contributed by atoms with Crippen molar-refractivity contribution in [3.8, 4) is 5.75 Å². The van der Waals surface area contributed by atoms with Crippen LogP contribution in [0.2, 0.25) is 0 Å². The van der Waals surface area contributed by atoms with Crippen molar-refractivity contribution in [2.45, 2.75) is 23.2 Å². The van der Waals surface area contributed by atoms with Gasteiger partial charge in [-0.3, -0.25) is 0 Å². The SMILES string of the molecule is COc1ccc(C2(CN)CC2)cc1S(C)(=O)=O. The summed E-state index contributed by atoms with van der Waals surface area (Å²) in [6.45, 7) is 0.558. The molecule has 0 unspecified atom stereocenters. The van der Waals surface area contributed by atoms with Gasteiger partial charge in [0.05, 0.1) is 7.11 Å². The lowest BCUT2D eigenvalue weighted by molar-refractivity contribution is 0.402. The predicted molar refractivity (Wildman–Crippen MR) is 66.1 cm³/mol. The second-order valence-electron chi connectivity index (χ2n) is 4.62. The third-order valence-electron chi connectivity index (χ3n) is 3.42. The van der Waals surface area contributed by atoms with Gasteiger partial charge in [-0.2, -0.15) is 0 Å². The van der Waals surface area contributed by atoms with E-state index in [0.717, 1.165) is 18.4 Å². The summed E-state index contributed by atoms with van der Waals surface area (Å²) in [7, 11) is -1.80. The first-order valence-electron chi connectivity index (χ1n) is 5.52. The van der Waals surface area contributed by atoms with Gasteiger partial charge in [0.25, 0.3) is 0 Å². The highest BCUT2D eigenvalue weighted by molar-refractivity contribution is 7.90. The van der Waals surface area contributed by atoms with Crippen LogP contribution in [0, 0.1) is 0 Å². The van der Waals surface area contributed by atoms with Gasteiger partial charge in [-0.05, 0) is 30.5 Å². The van der Waals surface area contributed by atoms with Gasteiger partial charge in [0.2, 0.25) is 0 Å². The van der Waals surface area contributed by atoms with Gasteiger partial charge >= 0.3 is 0 Å². The Balaban J connectivity index is 2.54. The summed E-state index contributed by atoms with van der Waals surface area (Å²) in [4.78, 5) is 0.247. The van der Waals surface area contributed by atoms with Crippen molar-refractivity contribution in [3.05, 3.63) is 23.8 Å². The highest BCUT2D eigenvalue weighted by atomic mass is 32.2. The van der Waals surface area contributed by atoms with E-state index in [2.05, 4.69) is 0 Å². The average molecular weight is 255 g/mol. The van der Waals surface area contributed by atoms with Crippen molar-refractivity contribution in [2.24, 2.45) is 5.73 Å². The molecule has 0 saturated heterocycles. The van der Waals surface area contributed by atoms with Gasteiger partial charge in [-0.1, -0.05) is 6.07 Å². The zero-order valence-corrected chi connectivity index (χ0v) is 10.9. The summed E-state index contributed by atoms with van der Waals surface area (Å²) in [6.07, 6.45) is 3.24. The van der Waals surface area contributed by atoms with Gasteiger partial charge < -0.3 is 10.5 Å². The molecule has 1 aromatic carbocycles. The first-order valence-corrected chi connectivity index (χ1v) is 7.41. The third kappa shape index (κ3) is 2.17. The number of hydrogen-bond acceptors (Lipinski definition) is 4. The van der Waals surface area contributed by atoms with Gasteiger partial charge in [0.1, 0.15) is 10.6 Å². The van der Waals surface area contributed by atoms with E-state index in [0.29, 0.717) is 12.3 Å². The molecule has 4 nitrogen and oxygen atoms in total. The number of sulfone groups is 1. The van der Waals surface area contributed by atoms with E-state index in [-0.39, 0.29) is 10.3 Å². The van der Waals surface area contributed by atoms with E-state index in [1.165, 1.54) is 13.4 Å². The molecule has 5 heteroatoms. The van der Waals surface area contributed by atoms with Crippen molar-refractivity contribution in [1.82, 2.24) is 0 Å². The minimum atomic E-state index is -3.27. The molecule has 1 saturated carbocycles. The molecule has 0 radical (unpaired) electrons. The number of ether oxygens (including phenoxy) is 1. The van der Waals surface area contributed by atoms with Gasteiger partial charge in [0.15, 0.2) is 9.84 Å². The molecular weight excluding hydrogens is 238 g/mol. The van der Waals surface area contributed by atoms with Crippen LogP contribution in [0.25, 0.3) is 0 Å². The minimum Gasteiger partial charge on any atom is -0.495 e. The monoisotopic (exact) mass is 255 g/mol. The quantitative estimate of drug-likeness (QED) is 0.874. The molecule has 17 heavy (non-hydrogen) atoms. The Hall–Kier alpha value is -1.07. The van der Waals surface area contributed by atoms with Crippen LogP contribution >= 0.6 is 0 Å². The van der Waals surface area contributed by atoms with Crippen LogP contribution in [-0.4, -0.2) is 28.3 Å². The number of methoxy groups -OCH3 is 1. The first-order chi connectivity index (χ1) is 7.93.